The third-order valence-corrected chi connectivity index (χ3v) is 6.41. The fraction of sp³-hybridized carbons (Fsp3) is 0.0625. The van der Waals surface area contributed by atoms with Gasteiger partial charge in [0.2, 0.25) is 0 Å². The van der Waals surface area contributed by atoms with Gasteiger partial charge in [-0.1, -0.05) is 121 Å². The number of fused-ring (bicyclic) bond motifs is 1. The monoisotopic (exact) mass is 408 g/mol. The molecule has 0 heterocycles. The molecule has 0 N–H and O–H groups in total. The number of hydrogen-bond donors (Lipinski definition) is 0. The SMILES string of the molecule is C#C/C=C\C=C1/CC(c2ccccc2)(c2cccc(-c3ccccc3)c2)c2ccccc21. The topological polar surface area (TPSA) is 0 Å². The van der Waals surface area contributed by atoms with Gasteiger partial charge in [-0.25, -0.2) is 0 Å². The lowest BCUT2D eigenvalue weighted by molar-refractivity contribution is 0.662. The first-order chi connectivity index (χ1) is 15.8. The quantitative estimate of drug-likeness (QED) is 0.304. The van der Waals surface area contributed by atoms with E-state index in [-0.39, 0.29) is 5.41 Å². The molecule has 152 valence electrons. The Bertz CT molecular complexity index is 1330. The van der Waals surface area contributed by atoms with Crippen molar-refractivity contribution in [3.05, 3.63) is 150 Å². The van der Waals surface area contributed by atoms with Crippen LogP contribution in [0.3, 0.4) is 0 Å². The fourth-order valence-electron chi connectivity index (χ4n) is 4.98. The summed E-state index contributed by atoms with van der Waals surface area (Å²) in [5, 5.41) is 0. The summed E-state index contributed by atoms with van der Waals surface area (Å²) in [6, 6.07) is 39.3. The van der Waals surface area contributed by atoms with Crippen molar-refractivity contribution in [2.75, 3.05) is 0 Å². The molecule has 0 bridgehead atoms. The molecule has 0 aliphatic heterocycles. The largest absolute Gasteiger partial charge is 0.115 e. The van der Waals surface area contributed by atoms with E-state index in [4.69, 9.17) is 6.42 Å². The van der Waals surface area contributed by atoms with Gasteiger partial charge in [0, 0.05) is 5.41 Å². The Hall–Kier alpha value is -4.08. The minimum atomic E-state index is -0.252. The summed E-state index contributed by atoms with van der Waals surface area (Å²) in [5.74, 6) is 2.60. The molecule has 0 fully saturated rings. The molecule has 4 aromatic carbocycles. The van der Waals surface area contributed by atoms with E-state index in [2.05, 4.69) is 121 Å². The Morgan fingerprint density at radius 1 is 0.688 bits per heavy atom. The Morgan fingerprint density at radius 3 is 2.12 bits per heavy atom. The van der Waals surface area contributed by atoms with E-state index in [1.807, 2.05) is 6.08 Å². The summed E-state index contributed by atoms with van der Waals surface area (Å²) in [5.41, 5.74) is 8.78. The van der Waals surface area contributed by atoms with Crippen LogP contribution in [0, 0.1) is 12.3 Å². The van der Waals surface area contributed by atoms with Gasteiger partial charge in [0.25, 0.3) is 0 Å². The molecule has 0 spiro atoms. The van der Waals surface area contributed by atoms with Gasteiger partial charge in [-0.3, -0.25) is 0 Å². The van der Waals surface area contributed by atoms with Gasteiger partial charge in [0.15, 0.2) is 0 Å². The van der Waals surface area contributed by atoms with Crippen LogP contribution in [-0.2, 0) is 5.41 Å². The van der Waals surface area contributed by atoms with E-state index < -0.39 is 0 Å². The van der Waals surface area contributed by atoms with Crippen LogP contribution in [0.1, 0.15) is 28.7 Å². The summed E-state index contributed by atoms with van der Waals surface area (Å²) >= 11 is 0. The summed E-state index contributed by atoms with van der Waals surface area (Å²) < 4.78 is 0. The van der Waals surface area contributed by atoms with Crippen LogP contribution in [0.15, 0.2) is 127 Å². The molecule has 4 aromatic rings. The van der Waals surface area contributed by atoms with Crippen molar-refractivity contribution < 1.29 is 0 Å². The van der Waals surface area contributed by atoms with E-state index in [0.717, 1.165) is 6.42 Å². The lowest BCUT2D eigenvalue weighted by Gasteiger charge is -2.32. The van der Waals surface area contributed by atoms with Crippen LogP contribution in [0.4, 0.5) is 0 Å². The van der Waals surface area contributed by atoms with Crippen molar-refractivity contribution in [2.45, 2.75) is 11.8 Å². The highest BCUT2D eigenvalue weighted by Gasteiger charge is 2.43. The van der Waals surface area contributed by atoms with Crippen molar-refractivity contribution in [1.29, 1.82) is 0 Å². The zero-order valence-corrected chi connectivity index (χ0v) is 17.9. The average molecular weight is 409 g/mol. The van der Waals surface area contributed by atoms with Crippen molar-refractivity contribution in [3.8, 4) is 23.5 Å². The van der Waals surface area contributed by atoms with Crippen molar-refractivity contribution in [3.63, 3.8) is 0 Å². The maximum atomic E-state index is 5.45. The predicted molar refractivity (Wildman–Crippen MR) is 135 cm³/mol. The molecule has 32 heavy (non-hydrogen) atoms. The Kier molecular flexibility index (Phi) is 5.32. The van der Waals surface area contributed by atoms with Crippen LogP contribution in [0.25, 0.3) is 16.7 Å². The summed E-state index contributed by atoms with van der Waals surface area (Å²) in [6.45, 7) is 0. The summed E-state index contributed by atoms with van der Waals surface area (Å²) in [6.07, 6.45) is 12.3. The maximum absolute atomic E-state index is 5.45. The minimum Gasteiger partial charge on any atom is -0.115 e. The first-order valence-electron chi connectivity index (χ1n) is 11.0. The van der Waals surface area contributed by atoms with Gasteiger partial charge in [0.1, 0.15) is 0 Å². The van der Waals surface area contributed by atoms with Crippen LogP contribution < -0.4 is 0 Å². The van der Waals surface area contributed by atoms with E-state index in [1.165, 1.54) is 39.0 Å². The highest BCUT2D eigenvalue weighted by Crippen LogP contribution is 2.53. The third kappa shape index (κ3) is 3.39. The van der Waals surface area contributed by atoms with E-state index in [9.17, 15) is 0 Å². The van der Waals surface area contributed by atoms with Gasteiger partial charge in [-0.2, -0.15) is 0 Å². The molecule has 1 aliphatic rings. The summed E-state index contributed by atoms with van der Waals surface area (Å²) in [4.78, 5) is 0. The molecule has 1 aliphatic carbocycles. The van der Waals surface area contributed by atoms with Crippen molar-refractivity contribution >= 4 is 5.57 Å². The highest BCUT2D eigenvalue weighted by atomic mass is 14.5. The Balaban J connectivity index is 1.76. The van der Waals surface area contributed by atoms with Gasteiger partial charge >= 0.3 is 0 Å². The fourth-order valence-corrected chi connectivity index (χ4v) is 4.98. The molecule has 0 amide bonds. The van der Waals surface area contributed by atoms with Gasteiger partial charge < -0.3 is 0 Å². The highest BCUT2D eigenvalue weighted by molar-refractivity contribution is 5.81. The number of rotatable bonds is 4. The lowest BCUT2D eigenvalue weighted by Crippen LogP contribution is -2.26. The normalized spacial score (nSPS) is 18.5. The number of terminal acetylenes is 1. The second-order valence-corrected chi connectivity index (χ2v) is 8.16. The Morgan fingerprint density at radius 2 is 1.34 bits per heavy atom. The van der Waals surface area contributed by atoms with Crippen molar-refractivity contribution in [2.24, 2.45) is 0 Å². The van der Waals surface area contributed by atoms with Gasteiger partial charge in [0.05, 0.1) is 0 Å². The first kappa shape index (κ1) is 19.9. The number of allylic oxidation sites excluding steroid dienone is 4. The van der Waals surface area contributed by atoms with E-state index in [0.29, 0.717) is 0 Å². The first-order valence-corrected chi connectivity index (χ1v) is 11.0. The third-order valence-electron chi connectivity index (χ3n) is 6.41. The van der Waals surface area contributed by atoms with Gasteiger partial charge in [-0.15, -0.1) is 6.42 Å². The average Bonchev–Trinajstić information content (AvgIpc) is 3.21. The predicted octanol–water partition coefficient (Wildman–Crippen LogP) is 7.66. The van der Waals surface area contributed by atoms with Crippen LogP contribution in [-0.4, -0.2) is 0 Å². The van der Waals surface area contributed by atoms with E-state index >= 15 is 0 Å². The second-order valence-electron chi connectivity index (χ2n) is 8.16. The Labute approximate surface area is 190 Å². The molecule has 0 aromatic heterocycles. The number of hydrogen-bond acceptors (Lipinski definition) is 0. The van der Waals surface area contributed by atoms with Crippen LogP contribution >= 0.6 is 0 Å². The molecular formula is C32H24. The lowest BCUT2D eigenvalue weighted by atomic mass is 9.69. The second kappa shape index (κ2) is 8.58. The zero-order chi connectivity index (χ0) is 21.8. The van der Waals surface area contributed by atoms with E-state index in [1.54, 1.807) is 6.08 Å². The molecule has 0 saturated heterocycles. The zero-order valence-electron chi connectivity index (χ0n) is 17.9. The van der Waals surface area contributed by atoms with Crippen molar-refractivity contribution in [1.82, 2.24) is 0 Å². The maximum Gasteiger partial charge on any atom is 0.0497 e. The molecule has 1 atom stereocenters. The summed E-state index contributed by atoms with van der Waals surface area (Å²) in [7, 11) is 0. The molecule has 0 heteroatoms. The number of benzene rings is 4. The van der Waals surface area contributed by atoms with Gasteiger partial charge in [-0.05, 0) is 57.5 Å². The molecule has 0 nitrogen and oxygen atoms in total. The standard InChI is InChI=1S/C32H24/c1-2-3-6-16-27-24-32(28-18-9-5-10-19-28,31-22-12-11-21-30(27)31)29-20-13-17-26(23-29)25-14-7-4-8-15-25/h1,3-23H,24H2/b6-3-,27-16+. The molecule has 0 radical (unpaired) electrons. The smallest absolute Gasteiger partial charge is 0.0497 e. The minimum absolute atomic E-state index is 0.252. The van der Waals surface area contributed by atoms with Crippen LogP contribution in [0.5, 0.6) is 0 Å². The van der Waals surface area contributed by atoms with Crippen LogP contribution in [0.2, 0.25) is 0 Å². The molecule has 5 rings (SSSR count). The molecule has 0 saturated carbocycles. The molecule has 1 unspecified atom stereocenters. The molecular weight excluding hydrogens is 384 g/mol.